The van der Waals surface area contributed by atoms with Gasteiger partial charge in [-0.15, -0.1) is 6.58 Å². The van der Waals surface area contributed by atoms with E-state index in [0.29, 0.717) is 0 Å². The van der Waals surface area contributed by atoms with Crippen LogP contribution in [0.15, 0.2) is 110 Å². The van der Waals surface area contributed by atoms with Crippen molar-refractivity contribution < 1.29 is 9.47 Å². The zero-order chi connectivity index (χ0) is 44.1. The molecule has 0 fully saturated rings. The van der Waals surface area contributed by atoms with Crippen LogP contribution in [0.25, 0.3) is 0 Å². The Labute approximate surface area is 377 Å². The molecule has 0 aliphatic heterocycles. The van der Waals surface area contributed by atoms with Gasteiger partial charge in [0.25, 0.3) is 0 Å². The first-order valence-electron chi connectivity index (χ1n) is 24.1. The van der Waals surface area contributed by atoms with Gasteiger partial charge in [0.1, 0.15) is 11.5 Å². The van der Waals surface area contributed by atoms with Crippen LogP contribution in [0.4, 0.5) is 34.1 Å². The second kappa shape index (κ2) is 25.8. The van der Waals surface area contributed by atoms with E-state index in [-0.39, 0.29) is 0 Å². The summed E-state index contributed by atoms with van der Waals surface area (Å²) in [6.45, 7) is 20.8. The molecule has 0 heterocycles. The van der Waals surface area contributed by atoms with Crippen molar-refractivity contribution in [1.29, 1.82) is 0 Å². The van der Waals surface area contributed by atoms with Crippen LogP contribution in [-0.4, -0.2) is 13.2 Å². The van der Waals surface area contributed by atoms with E-state index >= 15 is 0 Å². The van der Waals surface area contributed by atoms with Crippen molar-refractivity contribution in [3.63, 3.8) is 0 Å². The van der Waals surface area contributed by atoms with Gasteiger partial charge < -0.3 is 19.3 Å². The average molecular weight is 835 g/mol. The number of benzene rings is 5. The molecule has 4 heteroatoms. The standard InChI is InChI=1S/C58H78N2O2/c1-9-11-13-15-17-19-21-23-25-37-61-57-35-33-53(41-49(57)7)59(51-31-27-29-45(3)39-51)55-43-48(6)56(44-47(55)5)60(52-32-28-30-46(4)40-52)54-34-36-58(50(8)42-54)62-38-26-24-22-20-18-16-14-12-10-2/h9,27-36,39-44H,1,10-26,37-38H2,2-8H3. The Hall–Kier alpha value is -4.96. The van der Waals surface area contributed by atoms with Gasteiger partial charge in [0, 0.05) is 34.1 Å². The van der Waals surface area contributed by atoms with Gasteiger partial charge in [-0.05, 0) is 173 Å². The lowest BCUT2D eigenvalue weighted by atomic mass is 10.0. The second-order valence-electron chi connectivity index (χ2n) is 17.8. The zero-order valence-electron chi connectivity index (χ0n) is 39.7. The first-order valence-corrected chi connectivity index (χ1v) is 24.1. The monoisotopic (exact) mass is 835 g/mol. The summed E-state index contributed by atoms with van der Waals surface area (Å²) in [5, 5.41) is 0. The molecular weight excluding hydrogens is 757 g/mol. The molecule has 5 aromatic carbocycles. The highest BCUT2D eigenvalue weighted by Crippen LogP contribution is 2.44. The minimum atomic E-state index is 0.754. The van der Waals surface area contributed by atoms with E-state index in [1.807, 2.05) is 6.08 Å². The molecule has 0 aliphatic carbocycles. The quantitative estimate of drug-likeness (QED) is 0.0370. The van der Waals surface area contributed by atoms with Gasteiger partial charge in [-0.3, -0.25) is 0 Å². The molecule has 0 radical (unpaired) electrons. The van der Waals surface area contributed by atoms with Crippen LogP contribution in [0.1, 0.15) is 149 Å². The molecule has 0 aromatic heterocycles. The first kappa shape index (κ1) is 48.1. The Morgan fingerprint density at radius 1 is 0.419 bits per heavy atom. The molecule has 0 amide bonds. The normalized spacial score (nSPS) is 11.1. The number of ether oxygens (including phenoxy) is 2. The fourth-order valence-corrected chi connectivity index (χ4v) is 8.58. The first-order chi connectivity index (χ1) is 30.2. The minimum absolute atomic E-state index is 0.754. The molecule has 332 valence electrons. The summed E-state index contributed by atoms with van der Waals surface area (Å²) in [5.74, 6) is 1.94. The van der Waals surface area contributed by atoms with Crippen molar-refractivity contribution >= 4 is 34.1 Å². The lowest BCUT2D eigenvalue weighted by molar-refractivity contribution is 0.302. The lowest BCUT2D eigenvalue weighted by Gasteiger charge is -2.32. The van der Waals surface area contributed by atoms with Crippen molar-refractivity contribution in [3.05, 3.63) is 143 Å². The van der Waals surface area contributed by atoms with Crippen LogP contribution in [-0.2, 0) is 0 Å². The number of nitrogens with zero attached hydrogens (tertiary/aromatic N) is 2. The SMILES string of the molecule is C=CCCCCCCCCCOc1ccc(N(c2cccc(C)c2)c2cc(C)c(N(c3cccc(C)c3)c3ccc(OCCCCCCCCCCC)c(C)c3)cc2C)cc1C. The van der Waals surface area contributed by atoms with Crippen LogP contribution in [0, 0.1) is 41.5 Å². The fourth-order valence-electron chi connectivity index (χ4n) is 8.58. The Kier molecular flexibility index (Phi) is 20.0. The van der Waals surface area contributed by atoms with Gasteiger partial charge in [0.2, 0.25) is 0 Å². The summed E-state index contributed by atoms with van der Waals surface area (Å²) in [6.07, 6.45) is 23.8. The van der Waals surface area contributed by atoms with E-state index in [4.69, 9.17) is 9.47 Å². The van der Waals surface area contributed by atoms with Gasteiger partial charge >= 0.3 is 0 Å². The van der Waals surface area contributed by atoms with Crippen LogP contribution >= 0.6 is 0 Å². The van der Waals surface area contributed by atoms with Crippen molar-refractivity contribution in [2.75, 3.05) is 23.0 Å². The zero-order valence-corrected chi connectivity index (χ0v) is 39.7. The molecule has 5 aromatic rings. The Morgan fingerprint density at radius 3 is 1.19 bits per heavy atom. The number of anilines is 6. The summed E-state index contributed by atoms with van der Waals surface area (Å²) in [7, 11) is 0. The number of rotatable bonds is 28. The highest BCUT2D eigenvalue weighted by Gasteiger charge is 2.22. The predicted octanol–water partition coefficient (Wildman–Crippen LogP) is 18.1. The maximum absolute atomic E-state index is 6.37. The number of hydrogen-bond acceptors (Lipinski definition) is 4. The highest BCUT2D eigenvalue weighted by molar-refractivity contribution is 5.85. The molecule has 0 saturated heterocycles. The maximum Gasteiger partial charge on any atom is 0.122 e. The summed E-state index contributed by atoms with van der Waals surface area (Å²) in [4.78, 5) is 4.82. The Bertz CT molecular complexity index is 2120. The molecule has 0 saturated carbocycles. The summed E-state index contributed by atoms with van der Waals surface area (Å²) in [5.41, 5.74) is 14.0. The number of hydrogen-bond donors (Lipinski definition) is 0. The van der Waals surface area contributed by atoms with Crippen molar-refractivity contribution in [2.24, 2.45) is 0 Å². The van der Waals surface area contributed by atoms with E-state index in [2.05, 4.69) is 162 Å². The van der Waals surface area contributed by atoms with Crippen LogP contribution in [0.5, 0.6) is 11.5 Å². The minimum Gasteiger partial charge on any atom is -0.493 e. The molecule has 4 nitrogen and oxygen atoms in total. The summed E-state index contributed by atoms with van der Waals surface area (Å²) in [6, 6.07) is 35.7. The molecule has 0 N–H and O–H groups in total. The Morgan fingerprint density at radius 2 is 0.806 bits per heavy atom. The van der Waals surface area contributed by atoms with Crippen molar-refractivity contribution in [2.45, 2.75) is 158 Å². The molecule has 0 spiro atoms. The molecular formula is C58H78N2O2. The molecule has 0 atom stereocenters. The lowest BCUT2D eigenvalue weighted by Crippen LogP contribution is -2.15. The van der Waals surface area contributed by atoms with Crippen molar-refractivity contribution in [3.8, 4) is 11.5 Å². The van der Waals surface area contributed by atoms with Crippen molar-refractivity contribution in [1.82, 2.24) is 0 Å². The van der Waals surface area contributed by atoms with E-state index in [0.717, 1.165) is 89.2 Å². The smallest absolute Gasteiger partial charge is 0.122 e. The summed E-state index contributed by atoms with van der Waals surface area (Å²) >= 11 is 0. The van der Waals surface area contributed by atoms with E-state index < -0.39 is 0 Å². The fraction of sp³-hybridized carbons (Fsp3) is 0.448. The largest absolute Gasteiger partial charge is 0.493 e. The van der Waals surface area contributed by atoms with Gasteiger partial charge in [0.05, 0.1) is 13.2 Å². The third-order valence-corrected chi connectivity index (χ3v) is 12.2. The van der Waals surface area contributed by atoms with E-state index in [1.165, 1.54) is 112 Å². The number of aryl methyl sites for hydroxylation is 6. The van der Waals surface area contributed by atoms with E-state index in [1.54, 1.807) is 0 Å². The number of allylic oxidation sites excluding steroid dienone is 1. The third kappa shape index (κ3) is 14.6. The van der Waals surface area contributed by atoms with Crippen LogP contribution < -0.4 is 19.3 Å². The molecule has 0 bridgehead atoms. The highest BCUT2D eigenvalue weighted by atomic mass is 16.5. The maximum atomic E-state index is 6.37. The van der Waals surface area contributed by atoms with E-state index in [9.17, 15) is 0 Å². The predicted molar refractivity (Wildman–Crippen MR) is 270 cm³/mol. The topological polar surface area (TPSA) is 24.9 Å². The number of unbranched alkanes of at least 4 members (excludes halogenated alkanes) is 15. The van der Waals surface area contributed by atoms with Gasteiger partial charge in [-0.2, -0.15) is 0 Å². The van der Waals surface area contributed by atoms with Gasteiger partial charge in [0.15, 0.2) is 0 Å². The average Bonchev–Trinajstić information content (AvgIpc) is 3.25. The third-order valence-electron chi connectivity index (χ3n) is 12.2. The van der Waals surface area contributed by atoms with Crippen LogP contribution in [0.3, 0.4) is 0 Å². The molecule has 62 heavy (non-hydrogen) atoms. The molecule has 0 aliphatic rings. The van der Waals surface area contributed by atoms with Gasteiger partial charge in [-0.1, -0.05) is 121 Å². The second-order valence-corrected chi connectivity index (χ2v) is 17.8. The van der Waals surface area contributed by atoms with Gasteiger partial charge in [-0.25, -0.2) is 0 Å². The van der Waals surface area contributed by atoms with Crippen LogP contribution in [0.2, 0.25) is 0 Å². The molecule has 0 unspecified atom stereocenters. The Balaban J connectivity index is 1.35. The summed E-state index contributed by atoms with van der Waals surface area (Å²) < 4.78 is 12.7. The molecule has 5 rings (SSSR count).